The second kappa shape index (κ2) is 9.06. The first-order chi connectivity index (χ1) is 15.5. The smallest absolute Gasteiger partial charge is 0.270 e. The molecule has 0 spiro atoms. The van der Waals surface area contributed by atoms with Crippen LogP contribution in [0, 0.1) is 11.8 Å². The number of amides is 1. The summed E-state index contributed by atoms with van der Waals surface area (Å²) in [6.45, 7) is 4.51. The van der Waals surface area contributed by atoms with E-state index in [2.05, 4.69) is 41.2 Å². The molecule has 0 aliphatic carbocycles. The molecular weight excluding hydrogens is 406 g/mol. The summed E-state index contributed by atoms with van der Waals surface area (Å²) in [5.74, 6) is 7.69. The molecule has 1 aromatic heterocycles. The number of carbonyl (C=O) groups is 1. The summed E-state index contributed by atoms with van der Waals surface area (Å²) in [6, 6.07) is 15.1. The Hall–Kier alpha value is -3.92. The first kappa shape index (κ1) is 21.3. The largest absolute Gasteiger partial charge is 0.496 e. The highest BCUT2D eigenvalue weighted by molar-refractivity contribution is 5.93. The predicted octanol–water partition coefficient (Wildman–Crippen LogP) is 3.61. The number of fused-ring (bicyclic) bond motifs is 1. The van der Waals surface area contributed by atoms with Crippen molar-refractivity contribution in [1.82, 2.24) is 15.5 Å². The number of ether oxygens (including phenoxy) is 3. The van der Waals surface area contributed by atoms with Crippen molar-refractivity contribution in [2.24, 2.45) is 0 Å². The number of aromatic nitrogens is 2. The fourth-order valence-electron chi connectivity index (χ4n) is 3.58. The van der Waals surface area contributed by atoms with Crippen molar-refractivity contribution in [2.45, 2.75) is 25.9 Å². The molecule has 7 nitrogen and oxygen atoms in total. The number of methoxy groups -OCH3 is 1. The van der Waals surface area contributed by atoms with Gasteiger partial charge in [-0.3, -0.25) is 9.89 Å². The minimum atomic E-state index is -0.287. The highest BCUT2D eigenvalue weighted by Gasteiger charge is 2.32. The summed E-state index contributed by atoms with van der Waals surface area (Å²) in [5, 5.41) is 9.72. The van der Waals surface area contributed by atoms with Crippen molar-refractivity contribution in [3.8, 4) is 40.3 Å². The molecule has 0 unspecified atom stereocenters. The monoisotopic (exact) mass is 431 g/mol. The fraction of sp³-hybridized carbons (Fsp3) is 0.280. The normalized spacial score (nSPS) is 13.3. The molecular formula is C25H25N3O4. The van der Waals surface area contributed by atoms with Crippen molar-refractivity contribution in [3.05, 3.63) is 59.8 Å². The van der Waals surface area contributed by atoms with Crippen LogP contribution in [0.2, 0.25) is 0 Å². The zero-order chi connectivity index (χ0) is 22.6. The Bertz CT molecular complexity index is 1190. The van der Waals surface area contributed by atoms with Gasteiger partial charge in [-0.1, -0.05) is 36.1 Å². The number of para-hydroxylation sites is 2. The number of rotatable bonds is 6. The number of hydrogen-bond donors (Lipinski definition) is 2. The quantitative estimate of drug-likeness (QED) is 0.583. The first-order valence-electron chi connectivity index (χ1n) is 10.3. The third-order valence-corrected chi connectivity index (χ3v) is 5.02. The number of aromatic amines is 1. The molecule has 3 aromatic rings. The van der Waals surface area contributed by atoms with Gasteiger partial charge in [0.2, 0.25) is 0 Å². The Morgan fingerprint density at radius 1 is 1.19 bits per heavy atom. The van der Waals surface area contributed by atoms with Crippen molar-refractivity contribution in [1.29, 1.82) is 0 Å². The van der Waals surface area contributed by atoms with Gasteiger partial charge >= 0.3 is 0 Å². The summed E-state index contributed by atoms with van der Waals surface area (Å²) in [6.07, 6.45) is 0.851. The number of hydrogen-bond acceptors (Lipinski definition) is 5. The molecule has 0 saturated carbocycles. The Kier molecular flexibility index (Phi) is 6.04. The van der Waals surface area contributed by atoms with Gasteiger partial charge in [0.25, 0.3) is 5.91 Å². The van der Waals surface area contributed by atoms with Crippen LogP contribution in [0.3, 0.4) is 0 Å². The first-order valence-corrected chi connectivity index (χ1v) is 10.3. The summed E-state index contributed by atoms with van der Waals surface area (Å²) in [4.78, 5) is 12.4. The summed E-state index contributed by atoms with van der Waals surface area (Å²) < 4.78 is 17.1. The van der Waals surface area contributed by atoms with E-state index in [9.17, 15) is 4.79 Å². The molecule has 0 radical (unpaired) electrons. The molecule has 1 aliphatic rings. The lowest BCUT2D eigenvalue weighted by Gasteiger charge is -2.17. The van der Waals surface area contributed by atoms with Crippen LogP contribution in [0.15, 0.2) is 48.5 Å². The maximum atomic E-state index is 12.4. The molecule has 2 N–H and O–H groups in total. The van der Waals surface area contributed by atoms with Gasteiger partial charge in [-0.2, -0.15) is 5.10 Å². The Labute approximate surface area is 187 Å². The van der Waals surface area contributed by atoms with Gasteiger partial charge in [0, 0.05) is 17.5 Å². The zero-order valence-corrected chi connectivity index (χ0v) is 18.3. The van der Waals surface area contributed by atoms with Gasteiger partial charge in [0.1, 0.15) is 23.7 Å². The fourth-order valence-corrected chi connectivity index (χ4v) is 3.58. The van der Waals surface area contributed by atoms with Crippen LogP contribution in [-0.4, -0.2) is 42.0 Å². The molecule has 0 atom stereocenters. The lowest BCUT2D eigenvalue weighted by atomic mass is 10.0. The number of nitrogens with zero attached hydrogens (tertiary/aromatic N) is 1. The van der Waals surface area contributed by atoms with Gasteiger partial charge < -0.3 is 19.5 Å². The average Bonchev–Trinajstić information content (AvgIpc) is 3.39. The van der Waals surface area contributed by atoms with E-state index >= 15 is 0 Å². The van der Waals surface area contributed by atoms with E-state index in [0.717, 1.165) is 23.3 Å². The maximum absolute atomic E-state index is 12.4. The second-order valence-corrected chi connectivity index (χ2v) is 7.97. The van der Waals surface area contributed by atoms with Gasteiger partial charge in [-0.25, -0.2) is 0 Å². The molecule has 1 aliphatic heterocycles. The Morgan fingerprint density at radius 2 is 2.00 bits per heavy atom. The van der Waals surface area contributed by atoms with Gasteiger partial charge in [0.15, 0.2) is 11.5 Å². The van der Waals surface area contributed by atoms with Crippen LogP contribution >= 0.6 is 0 Å². The third-order valence-electron chi connectivity index (χ3n) is 5.02. The van der Waals surface area contributed by atoms with E-state index in [0.29, 0.717) is 22.9 Å². The molecule has 2 aromatic carbocycles. The van der Waals surface area contributed by atoms with Crippen LogP contribution in [-0.2, 0) is 6.42 Å². The molecule has 32 heavy (non-hydrogen) atoms. The van der Waals surface area contributed by atoms with E-state index in [4.69, 9.17) is 14.2 Å². The van der Waals surface area contributed by atoms with E-state index < -0.39 is 0 Å². The lowest BCUT2D eigenvalue weighted by Crippen LogP contribution is -2.24. The van der Waals surface area contributed by atoms with E-state index in [1.807, 2.05) is 42.5 Å². The van der Waals surface area contributed by atoms with E-state index in [-0.39, 0.29) is 24.7 Å². The highest BCUT2D eigenvalue weighted by atomic mass is 16.5. The standard InChI is InChI=1S/C25H25N3O4/c1-25(2)16-17-9-8-12-22(23(17)32-25)31-14-7-6-13-26-24(29)20-15-19(27-28-20)18-10-4-5-11-21(18)30-3/h4-5,8-12,15H,13-14,16H2,1-3H3,(H,26,29)(H,27,28). The van der Waals surface area contributed by atoms with E-state index in [1.54, 1.807) is 13.2 Å². The van der Waals surface area contributed by atoms with E-state index in [1.165, 1.54) is 0 Å². The van der Waals surface area contributed by atoms with Crippen molar-refractivity contribution in [3.63, 3.8) is 0 Å². The molecule has 0 saturated heterocycles. The molecule has 164 valence electrons. The maximum Gasteiger partial charge on any atom is 0.270 e. The minimum Gasteiger partial charge on any atom is -0.496 e. The molecule has 0 fully saturated rings. The van der Waals surface area contributed by atoms with Crippen LogP contribution in [0.4, 0.5) is 0 Å². The third kappa shape index (κ3) is 4.70. The van der Waals surface area contributed by atoms with Crippen molar-refractivity contribution >= 4 is 5.91 Å². The molecule has 2 heterocycles. The van der Waals surface area contributed by atoms with Gasteiger partial charge in [0.05, 0.1) is 19.3 Å². The SMILES string of the molecule is COc1ccccc1-c1cc(C(=O)NCC#CCOc2cccc3c2OC(C)(C)C3)[nH]n1. The topological polar surface area (TPSA) is 85.5 Å². The predicted molar refractivity (Wildman–Crippen MR) is 121 cm³/mol. The zero-order valence-electron chi connectivity index (χ0n) is 18.3. The summed E-state index contributed by atoms with van der Waals surface area (Å²) in [5.41, 5.74) is 2.70. The summed E-state index contributed by atoms with van der Waals surface area (Å²) >= 11 is 0. The molecule has 7 heteroatoms. The highest BCUT2D eigenvalue weighted by Crippen LogP contribution is 2.41. The molecule has 1 amide bonds. The Balaban J connectivity index is 1.28. The van der Waals surface area contributed by atoms with Crippen LogP contribution in [0.5, 0.6) is 17.2 Å². The van der Waals surface area contributed by atoms with Crippen molar-refractivity contribution in [2.75, 3.05) is 20.3 Å². The van der Waals surface area contributed by atoms with Crippen LogP contribution in [0.1, 0.15) is 29.9 Å². The molecule has 0 bridgehead atoms. The molecule has 4 rings (SSSR count). The number of carbonyl (C=O) groups excluding carboxylic acids is 1. The number of benzene rings is 2. The Morgan fingerprint density at radius 3 is 2.84 bits per heavy atom. The minimum absolute atomic E-state index is 0.196. The lowest BCUT2D eigenvalue weighted by molar-refractivity contribution is 0.0953. The summed E-state index contributed by atoms with van der Waals surface area (Å²) in [7, 11) is 1.60. The van der Waals surface area contributed by atoms with Gasteiger partial charge in [-0.05, 0) is 38.1 Å². The number of nitrogens with one attached hydrogen (secondary N) is 2. The number of H-pyrrole nitrogens is 1. The average molecular weight is 431 g/mol. The second-order valence-electron chi connectivity index (χ2n) is 7.97. The van der Waals surface area contributed by atoms with Crippen molar-refractivity contribution < 1.29 is 19.0 Å². The van der Waals surface area contributed by atoms with Gasteiger partial charge in [-0.15, -0.1) is 0 Å². The van der Waals surface area contributed by atoms with Crippen LogP contribution < -0.4 is 19.5 Å². The van der Waals surface area contributed by atoms with Crippen LogP contribution in [0.25, 0.3) is 11.3 Å².